The fourth-order valence-corrected chi connectivity index (χ4v) is 6.74. The van der Waals surface area contributed by atoms with Crippen molar-refractivity contribution in [2.75, 3.05) is 26.2 Å². The molecule has 39 heavy (non-hydrogen) atoms. The van der Waals surface area contributed by atoms with Gasteiger partial charge in [0.15, 0.2) is 0 Å². The number of azide groups is 1. The Balaban J connectivity index is 1.72. The van der Waals surface area contributed by atoms with E-state index in [0.717, 1.165) is 16.7 Å². The van der Waals surface area contributed by atoms with E-state index < -0.39 is 16.9 Å². The molecular formula is C30H31N5O3S. The highest BCUT2D eigenvalue weighted by atomic mass is 32.2. The van der Waals surface area contributed by atoms with Crippen LogP contribution >= 0.6 is 11.8 Å². The van der Waals surface area contributed by atoms with Crippen molar-refractivity contribution < 1.29 is 14.3 Å². The second-order valence-electron chi connectivity index (χ2n) is 9.03. The number of likely N-dealkylation sites (tertiary alicyclic amines) is 1. The zero-order valence-electron chi connectivity index (χ0n) is 21.6. The van der Waals surface area contributed by atoms with Crippen LogP contribution in [0.5, 0.6) is 0 Å². The molecule has 0 radical (unpaired) electrons. The normalized spacial score (nSPS) is 16.7. The summed E-state index contributed by atoms with van der Waals surface area (Å²) in [5.74, 6) is -0.300. The van der Waals surface area contributed by atoms with Gasteiger partial charge in [0.1, 0.15) is 12.6 Å². The lowest BCUT2D eigenvalue weighted by molar-refractivity contribution is -0.125. The predicted octanol–water partition coefficient (Wildman–Crippen LogP) is 5.90. The van der Waals surface area contributed by atoms with E-state index in [-0.39, 0.29) is 30.9 Å². The van der Waals surface area contributed by atoms with Crippen molar-refractivity contribution in [2.45, 2.75) is 22.5 Å². The summed E-state index contributed by atoms with van der Waals surface area (Å²) in [6.07, 6.45) is 1.38. The highest BCUT2D eigenvalue weighted by molar-refractivity contribution is 8.01. The maximum absolute atomic E-state index is 13.2. The topological polar surface area (TPSA) is 107 Å². The SMILES string of the molecule is C=CCOC(=O)N1C[C@@H](SC(c2ccccc2)(c2ccccc2)c2ccccc2)C[C@H]1C(=O)NCCN=[N+]=[N-]. The van der Waals surface area contributed by atoms with Gasteiger partial charge in [0.25, 0.3) is 0 Å². The summed E-state index contributed by atoms with van der Waals surface area (Å²) in [5, 5.41) is 6.18. The van der Waals surface area contributed by atoms with E-state index in [1.54, 1.807) is 11.8 Å². The van der Waals surface area contributed by atoms with Gasteiger partial charge in [0.2, 0.25) is 5.91 Å². The minimum Gasteiger partial charge on any atom is -0.445 e. The smallest absolute Gasteiger partial charge is 0.410 e. The Morgan fingerprint density at radius 2 is 1.56 bits per heavy atom. The molecule has 3 aromatic rings. The zero-order valence-corrected chi connectivity index (χ0v) is 22.4. The third-order valence-electron chi connectivity index (χ3n) is 6.58. The molecule has 0 bridgehead atoms. The Bertz CT molecular complexity index is 1200. The summed E-state index contributed by atoms with van der Waals surface area (Å²) in [4.78, 5) is 30.4. The van der Waals surface area contributed by atoms with Crippen LogP contribution < -0.4 is 5.32 Å². The molecule has 9 heteroatoms. The lowest BCUT2D eigenvalue weighted by atomic mass is 9.84. The van der Waals surface area contributed by atoms with Crippen LogP contribution in [0, 0.1) is 0 Å². The minimum absolute atomic E-state index is 0.0559. The van der Waals surface area contributed by atoms with E-state index in [2.05, 4.69) is 58.3 Å². The first-order chi connectivity index (χ1) is 19.1. The van der Waals surface area contributed by atoms with Crippen LogP contribution in [-0.2, 0) is 14.3 Å². The van der Waals surface area contributed by atoms with Gasteiger partial charge >= 0.3 is 6.09 Å². The summed E-state index contributed by atoms with van der Waals surface area (Å²) in [6, 6.07) is 30.2. The molecule has 1 N–H and O–H groups in total. The van der Waals surface area contributed by atoms with Crippen molar-refractivity contribution in [3.05, 3.63) is 131 Å². The maximum Gasteiger partial charge on any atom is 0.410 e. The predicted molar refractivity (Wildman–Crippen MR) is 154 cm³/mol. The van der Waals surface area contributed by atoms with Crippen molar-refractivity contribution >= 4 is 23.8 Å². The monoisotopic (exact) mass is 541 g/mol. The van der Waals surface area contributed by atoms with Gasteiger partial charge in [-0.05, 0) is 28.6 Å². The van der Waals surface area contributed by atoms with Crippen molar-refractivity contribution in [1.29, 1.82) is 0 Å². The number of benzene rings is 3. The number of amides is 2. The lowest BCUT2D eigenvalue weighted by Gasteiger charge is -2.37. The third-order valence-corrected chi connectivity index (χ3v) is 8.32. The second-order valence-corrected chi connectivity index (χ2v) is 10.5. The first-order valence-electron chi connectivity index (χ1n) is 12.8. The number of carbonyl (C=O) groups excluding carboxylic acids is 2. The number of hydrogen-bond donors (Lipinski definition) is 1. The van der Waals surface area contributed by atoms with Crippen LogP contribution in [0.4, 0.5) is 4.79 Å². The Kier molecular flexibility index (Phi) is 9.67. The van der Waals surface area contributed by atoms with E-state index in [1.807, 2.05) is 54.6 Å². The third kappa shape index (κ3) is 6.45. The standard InChI is InChI=1S/C30H31N5O3S/c1-2-20-38-29(37)35-22-26(21-27(35)28(36)32-18-19-33-34-31)39-30(23-12-6-3-7-13-23,24-14-8-4-9-15-24)25-16-10-5-11-17-25/h2-17,26-27H,1,18-22H2,(H,32,36)/t26-,27-/m0/s1. The molecule has 1 fully saturated rings. The molecule has 0 saturated carbocycles. The largest absolute Gasteiger partial charge is 0.445 e. The highest BCUT2D eigenvalue weighted by Gasteiger charge is 2.46. The molecule has 0 spiro atoms. The van der Waals surface area contributed by atoms with Gasteiger partial charge in [-0.1, -0.05) is 109 Å². The molecule has 1 saturated heterocycles. The number of nitrogens with zero attached hydrogens (tertiary/aromatic N) is 4. The molecule has 1 aliphatic rings. The molecule has 3 aromatic carbocycles. The van der Waals surface area contributed by atoms with E-state index in [9.17, 15) is 9.59 Å². The fraction of sp³-hybridized carbons (Fsp3) is 0.267. The average molecular weight is 542 g/mol. The number of nitrogens with one attached hydrogen (secondary N) is 1. The Morgan fingerprint density at radius 3 is 2.05 bits per heavy atom. The van der Waals surface area contributed by atoms with E-state index in [4.69, 9.17) is 10.3 Å². The molecule has 0 unspecified atom stereocenters. The zero-order chi connectivity index (χ0) is 27.5. The number of hydrogen-bond acceptors (Lipinski definition) is 5. The van der Waals surface area contributed by atoms with Crippen LogP contribution in [0.25, 0.3) is 10.4 Å². The Morgan fingerprint density at radius 1 is 1.03 bits per heavy atom. The van der Waals surface area contributed by atoms with Crippen molar-refractivity contribution in [2.24, 2.45) is 5.11 Å². The van der Waals surface area contributed by atoms with Gasteiger partial charge in [-0.15, -0.1) is 11.8 Å². The van der Waals surface area contributed by atoms with Gasteiger partial charge in [-0.3, -0.25) is 9.69 Å². The highest BCUT2D eigenvalue weighted by Crippen LogP contribution is 2.52. The molecule has 1 heterocycles. The molecule has 0 aliphatic carbocycles. The summed E-state index contributed by atoms with van der Waals surface area (Å²) in [5.41, 5.74) is 11.9. The van der Waals surface area contributed by atoms with E-state index in [0.29, 0.717) is 13.0 Å². The molecule has 2 amide bonds. The number of thioether (sulfide) groups is 1. The van der Waals surface area contributed by atoms with Gasteiger partial charge in [-0.2, -0.15) is 0 Å². The first kappa shape index (κ1) is 27.8. The number of carbonyl (C=O) groups is 2. The Hall–Kier alpha value is -4.20. The van der Waals surface area contributed by atoms with E-state index >= 15 is 0 Å². The van der Waals surface area contributed by atoms with E-state index in [1.165, 1.54) is 11.0 Å². The molecule has 200 valence electrons. The molecule has 0 aromatic heterocycles. The van der Waals surface area contributed by atoms with Gasteiger partial charge in [0.05, 0.1) is 4.75 Å². The molecule has 2 atom stereocenters. The van der Waals surface area contributed by atoms with Crippen LogP contribution in [-0.4, -0.2) is 54.4 Å². The molecule has 1 aliphatic heterocycles. The Labute approximate surface area is 232 Å². The molecule has 8 nitrogen and oxygen atoms in total. The second kappa shape index (κ2) is 13.6. The van der Waals surface area contributed by atoms with Gasteiger partial charge in [0, 0.05) is 29.8 Å². The minimum atomic E-state index is -0.717. The van der Waals surface area contributed by atoms with Crippen LogP contribution in [0.3, 0.4) is 0 Å². The van der Waals surface area contributed by atoms with Crippen LogP contribution in [0.15, 0.2) is 109 Å². The maximum atomic E-state index is 13.2. The number of ether oxygens (including phenoxy) is 1. The molecular weight excluding hydrogens is 510 g/mol. The fourth-order valence-electron chi connectivity index (χ4n) is 4.91. The summed E-state index contributed by atoms with van der Waals surface area (Å²) in [6.45, 7) is 4.33. The van der Waals surface area contributed by atoms with Crippen molar-refractivity contribution in [1.82, 2.24) is 10.2 Å². The van der Waals surface area contributed by atoms with Gasteiger partial charge in [-0.25, -0.2) is 4.79 Å². The van der Waals surface area contributed by atoms with Crippen LogP contribution in [0.2, 0.25) is 0 Å². The summed E-state index contributed by atoms with van der Waals surface area (Å²) in [7, 11) is 0. The number of rotatable bonds is 11. The van der Waals surface area contributed by atoms with Crippen LogP contribution in [0.1, 0.15) is 23.1 Å². The summed E-state index contributed by atoms with van der Waals surface area (Å²) < 4.78 is 4.76. The van der Waals surface area contributed by atoms with Gasteiger partial charge < -0.3 is 10.1 Å². The van der Waals surface area contributed by atoms with Crippen molar-refractivity contribution in [3.63, 3.8) is 0 Å². The van der Waals surface area contributed by atoms with Crippen molar-refractivity contribution in [3.8, 4) is 0 Å². The average Bonchev–Trinajstić information content (AvgIpc) is 3.42. The first-order valence-corrected chi connectivity index (χ1v) is 13.7. The quantitative estimate of drug-likeness (QED) is 0.0814. The summed E-state index contributed by atoms with van der Waals surface area (Å²) >= 11 is 1.74. The molecule has 4 rings (SSSR count). The lowest BCUT2D eigenvalue weighted by Crippen LogP contribution is -2.46.